The second-order valence-electron chi connectivity index (χ2n) is 8.26. The van der Waals surface area contributed by atoms with Crippen molar-refractivity contribution in [1.29, 1.82) is 0 Å². The maximum atomic E-state index is 13.5. The number of rotatable bonds is 11. The SMILES string of the molecule is CC[C@H](C)NC(=O)[C@H](C)N(Cc1cccc(OC)c1)C(=O)CN(c1cc(Cl)cc(Cl)c1)S(C)(=O)=O. The molecular formula is C24H31Cl2N3O5S. The number of hydrogen-bond donors (Lipinski definition) is 1. The van der Waals surface area contributed by atoms with E-state index in [9.17, 15) is 18.0 Å². The highest BCUT2D eigenvalue weighted by atomic mass is 35.5. The summed E-state index contributed by atoms with van der Waals surface area (Å²) in [5.74, 6) is -0.314. The highest BCUT2D eigenvalue weighted by Gasteiger charge is 2.30. The van der Waals surface area contributed by atoms with Gasteiger partial charge in [-0.25, -0.2) is 8.42 Å². The van der Waals surface area contributed by atoms with Crippen molar-refractivity contribution in [2.75, 3.05) is 24.2 Å². The predicted octanol–water partition coefficient (Wildman–Crippen LogP) is 4.10. The van der Waals surface area contributed by atoms with Crippen LogP contribution >= 0.6 is 23.2 Å². The molecule has 35 heavy (non-hydrogen) atoms. The monoisotopic (exact) mass is 543 g/mol. The fraction of sp³-hybridized carbons (Fsp3) is 0.417. The highest BCUT2D eigenvalue weighted by molar-refractivity contribution is 7.92. The van der Waals surface area contributed by atoms with E-state index in [-0.39, 0.29) is 34.2 Å². The molecule has 0 aliphatic heterocycles. The molecule has 2 atom stereocenters. The molecule has 8 nitrogen and oxygen atoms in total. The molecule has 0 spiro atoms. The quantitative estimate of drug-likeness (QED) is 0.460. The summed E-state index contributed by atoms with van der Waals surface area (Å²) in [4.78, 5) is 27.8. The Morgan fingerprint density at radius 3 is 2.26 bits per heavy atom. The molecule has 0 heterocycles. The summed E-state index contributed by atoms with van der Waals surface area (Å²) < 4.78 is 31.4. The molecule has 0 radical (unpaired) electrons. The number of anilines is 1. The van der Waals surface area contributed by atoms with Gasteiger partial charge < -0.3 is 15.0 Å². The smallest absolute Gasteiger partial charge is 0.244 e. The summed E-state index contributed by atoms with van der Waals surface area (Å²) in [5.41, 5.74) is 0.869. The first-order valence-electron chi connectivity index (χ1n) is 11.0. The Hall–Kier alpha value is -2.49. The van der Waals surface area contributed by atoms with E-state index >= 15 is 0 Å². The predicted molar refractivity (Wildman–Crippen MR) is 140 cm³/mol. The van der Waals surface area contributed by atoms with Gasteiger partial charge in [0.15, 0.2) is 0 Å². The zero-order chi connectivity index (χ0) is 26.3. The van der Waals surface area contributed by atoms with Gasteiger partial charge >= 0.3 is 0 Å². The summed E-state index contributed by atoms with van der Waals surface area (Å²) in [6, 6.07) is 10.4. The molecule has 0 aliphatic rings. The van der Waals surface area contributed by atoms with Crippen LogP contribution in [0.15, 0.2) is 42.5 Å². The zero-order valence-corrected chi connectivity index (χ0v) is 22.7. The molecule has 2 aromatic rings. The third-order valence-corrected chi connectivity index (χ3v) is 7.05. The molecule has 11 heteroatoms. The number of carbonyl (C=O) groups excluding carboxylic acids is 2. The summed E-state index contributed by atoms with van der Waals surface area (Å²) in [5, 5.41) is 3.33. The maximum absolute atomic E-state index is 13.5. The van der Waals surface area contributed by atoms with Gasteiger partial charge in [0.25, 0.3) is 0 Å². The van der Waals surface area contributed by atoms with Gasteiger partial charge in [0, 0.05) is 22.6 Å². The van der Waals surface area contributed by atoms with Crippen molar-refractivity contribution >= 4 is 50.7 Å². The fourth-order valence-electron chi connectivity index (χ4n) is 3.31. The average molecular weight is 545 g/mol. The Morgan fingerprint density at radius 1 is 1.09 bits per heavy atom. The number of nitrogens with one attached hydrogen (secondary N) is 1. The number of amides is 2. The van der Waals surface area contributed by atoms with Crippen LogP contribution in [0.1, 0.15) is 32.8 Å². The molecule has 0 fully saturated rings. The number of carbonyl (C=O) groups is 2. The number of halogens is 2. The lowest BCUT2D eigenvalue weighted by atomic mass is 10.1. The van der Waals surface area contributed by atoms with Crippen molar-refractivity contribution in [3.8, 4) is 5.75 Å². The van der Waals surface area contributed by atoms with Crippen LogP contribution in [0.5, 0.6) is 5.75 Å². The van der Waals surface area contributed by atoms with Gasteiger partial charge in [-0.05, 0) is 56.2 Å². The van der Waals surface area contributed by atoms with Crippen LogP contribution in [0.4, 0.5) is 5.69 Å². The van der Waals surface area contributed by atoms with E-state index in [4.69, 9.17) is 27.9 Å². The number of sulfonamides is 1. The minimum Gasteiger partial charge on any atom is -0.497 e. The number of nitrogens with zero attached hydrogens (tertiary/aromatic N) is 2. The molecule has 2 aromatic carbocycles. The second kappa shape index (κ2) is 12.5. The third-order valence-electron chi connectivity index (χ3n) is 5.47. The summed E-state index contributed by atoms with van der Waals surface area (Å²) in [7, 11) is -2.35. The molecule has 2 rings (SSSR count). The molecule has 192 valence electrons. The normalized spacial score (nSPS) is 13.0. The lowest BCUT2D eigenvalue weighted by Crippen LogP contribution is -2.52. The molecule has 0 bridgehead atoms. The molecule has 0 aliphatic carbocycles. The van der Waals surface area contributed by atoms with Gasteiger partial charge in [0.2, 0.25) is 21.8 Å². The molecule has 2 amide bonds. The van der Waals surface area contributed by atoms with Crippen molar-refractivity contribution < 1.29 is 22.7 Å². The van der Waals surface area contributed by atoms with Gasteiger partial charge in [-0.3, -0.25) is 13.9 Å². The Balaban J connectivity index is 2.43. The summed E-state index contributed by atoms with van der Waals surface area (Å²) in [6.45, 7) is 4.94. The number of hydrogen-bond acceptors (Lipinski definition) is 5. The van der Waals surface area contributed by atoms with Crippen molar-refractivity contribution in [2.45, 2.75) is 45.8 Å². The first-order valence-corrected chi connectivity index (χ1v) is 13.6. The third kappa shape index (κ3) is 8.30. The minimum atomic E-state index is -3.88. The van der Waals surface area contributed by atoms with Crippen LogP contribution in [0.3, 0.4) is 0 Å². The van der Waals surface area contributed by atoms with Gasteiger partial charge in [0.05, 0.1) is 19.1 Å². The highest BCUT2D eigenvalue weighted by Crippen LogP contribution is 2.27. The number of ether oxygens (including phenoxy) is 1. The van der Waals surface area contributed by atoms with Crippen LogP contribution in [0.25, 0.3) is 0 Å². The van der Waals surface area contributed by atoms with Crippen LogP contribution in [0.2, 0.25) is 10.0 Å². The van der Waals surface area contributed by atoms with Gasteiger partial charge in [-0.15, -0.1) is 0 Å². The Bertz CT molecular complexity index is 1140. The minimum absolute atomic E-state index is 0.0685. The van der Waals surface area contributed by atoms with Crippen molar-refractivity contribution in [3.05, 3.63) is 58.1 Å². The van der Waals surface area contributed by atoms with Gasteiger partial charge in [0.1, 0.15) is 18.3 Å². The largest absolute Gasteiger partial charge is 0.497 e. The molecule has 0 aromatic heterocycles. The summed E-state index contributed by atoms with van der Waals surface area (Å²) >= 11 is 12.1. The maximum Gasteiger partial charge on any atom is 0.244 e. The molecule has 0 saturated carbocycles. The lowest BCUT2D eigenvalue weighted by molar-refractivity contribution is -0.139. The molecule has 0 unspecified atom stereocenters. The van der Waals surface area contributed by atoms with E-state index in [1.807, 2.05) is 13.8 Å². The van der Waals surface area contributed by atoms with Gasteiger partial charge in [-0.2, -0.15) is 0 Å². The standard InChI is InChI=1S/C24H31Cl2N3O5S/c1-6-16(2)27-24(31)17(3)28(14-18-8-7-9-22(10-18)34-4)23(30)15-29(35(5,32)33)21-12-19(25)11-20(26)13-21/h7-13,16-17H,6,14-15H2,1-5H3,(H,27,31)/t16-,17-/m0/s1. The van der Waals surface area contributed by atoms with Crippen LogP contribution in [-0.2, 0) is 26.2 Å². The first kappa shape index (κ1) is 28.7. The van der Waals surface area contributed by atoms with E-state index in [1.165, 1.54) is 30.2 Å². The van der Waals surface area contributed by atoms with Crippen molar-refractivity contribution in [2.24, 2.45) is 0 Å². The van der Waals surface area contributed by atoms with Gasteiger partial charge in [-0.1, -0.05) is 42.3 Å². The fourth-order valence-corrected chi connectivity index (χ4v) is 4.66. The lowest BCUT2D eigenvalue weighted by Gasteiger charge is -2.32. The Kier molecular flexibility index (Phi) is 10.2. The number of benzene rings is 2. The molecule has 1 N–H and O–H groups in total. The van der Waals surface area contributed by atoms with E-state index < -0.39 is 28.5 Å². The first-order chi connectivity index (χ1) is 16.3. The summed E-state index contributed by atoms with van der Waals surface area (Å²) in [6.07, 6.45) is 1.71. The second-order valence-corrected chi connectivity index (χ2v) is 11.0. The van der Waals surface area contributed by atoms with E-state index in [0.717, 1.165) is 22.5 Å². The van der Waals surface area contributed by atoms with E-state index in [0.29, 0.717) is 5.75 Å². The molecule has 0 saturated heterocycles. The van der Waals surface area contributed by atoms with Crippen molar-refractivity contribution in [1.82, 2.24) is 10.2 Å². The topological polar surface area (TPSA) is 96.0 Å². The van der Waals surface area contributed by atoms with E-state index in [2.05, 4.69) is 5.32 Å². The molecular weight excluding hydrogens is 513 g/mol. The van der Waals surface area contributed by atoms with E-state index in [1.54, 1.807) is 31.2 Å². The van der Waals surface area contributed by atoms with Crippen LogP contribution in [-0.4, -0.2) is 57.1 Å². The van der Waals surface area contributed by atoms with Crippen LogP contribution in [0, 0.1) is 0 Å². The Morgan fingerprint density at radius 2 is 1.71 bits per heavy atom. The average Bonchev–Trinajstić information content (AvgIpc) is 2.78. The zero-order valence-electron chi connectivity index (χ0n) is 20.4. The van der Waals surface area contributed by atoms with Crippen molar-refractivity contribution in [3.63, 3.8) is 0 Å². The van der Waals surface area contributed by atoms with Crippen LogP contribution < -0.4 is 14.4 Å². The number of methoxy groups -OCH3 is 1. The Labute approximate surface area is 217 Å².